The van der Waals surface area contributed by atoms with E-state index in [1.165, 1.54) is 12.1 Å². The van der Waals surface area contributed by atoms with Crippen molar-refractivity contribution in [1.82, 2.24) is 24.7 Å². The molecular weight excluding hydrogens is 430 g/mol. The van der Waals surface area contributed by atoms with Crippen LogP contribution in [0.15, 0.2) is 42.9 Å². The van der Waals surface area contributed by atoms with E-state index < -0.39 is 11.6 Å². The molecule has 1 aromatic carbocycles. The predicted octanol–water partition coefficient (Wildman–Crippen LogP) is 3.24. The molecule has 5 rings (SSSR count). The molecule has 170 valence electrons. The maximum atomic E-state index is 14.0. The number of aliphatic hydroxyl groups is 1. The number of aromatic nitrogens is 5. The number of ether oxygens (including phenoxy) is 1. The quantitative estimate of drug-likeness (QED) is 0.497. The molecule has 1 aliphatic rings. The highest BCUT2D eigenvalue weighted by atomic mass is 19.1. The van der Waals surface area contributed by atoms with Crippen molar-refractivity contribution in [2.75, 3.05) is 18.0 Å². The molecule has 0 bridgehead atoms. The number of benzene rings is 1. The summed E-state index contributed by atoms with van der Waals surface area (Å²) in [6.07, 6.45) is 6.31. The topological polar surface area (TPSA) is 89.2 Å². The number of pyridine rings is 1. The van der Waals surface area contributed by atoms with Crippen molar-refractivity contribution in [2.45, 2.75) is 25.6 Å². The van der Waals surface area contributed by atoms with Crippen LogP contribution >= 0.6 is 0 Å². The average Bonchev–Trinajstić information content (AvgIpc) is 3.26. The molecule has 1 saturated heterocycles. The van der Waals surface area contributed by atoms with Crippen molar-refractivity contribution in [3.63, 3.8) is 0 Å². The fourth-order valence-electron chi connectivity index (χ4n) is 3.97. The summed E-state index contributed by atoms with van der Waals surface area (Å²) in [6, 6.07) is 5.06. The number of hydrogen-bond acceptors (Lipinski definition) is 7. The van der Waals surface area contributed by atoms with Gasteiger partial charge in [0.15, 0.2) is 17.4 Å². The molecule has 0 atom stereocenters. The van der Waals surface area contributed by atoms with Gasteiger partial charge >= 0.3 is 0 Å². The second-order valence-electron chi connectivity index (χ2n) is 8.00. The van der Waals surface area contributed by atoms with Gasteiger partial charge in [-0.1, -0.05) is 0 Å². The zero-order chi connectivity index (χ0) is 22.9. The monoisotopic (exact) mass is 452 g/mol. The lowest BCUT2D eigenvalue weighted by molar-refractivity contribution is 0.163. The van der Waals surface area contributed by atoms with Crippen LogP contribution in [0.4, 0.5) is 14.6 Å². The van der Waals surface area contributed by atoms with E-state index in [1.807, 2.05) is 13.2 Å². The number of halogens is 2. The number of fused-ring (bicyclic) bond motifs is 1. The first-order valence-electron chi connectivity index (χ1n) is 10.6. The van der Waals surface area contributed by atoms with Gasteiger partial charge in [0.1, 0.15) is 23.1 Å². The van der Waals surface area contributed by atoms with Gasteiger partial charge in [0, 0.05) is 50.8 Å². The Morgan fingerprint density at radius 2 is 1.91 bits per heavy atom. The summed E-state index contributed by atoms with van der Waals surface area (Å²) in [6.45, 7) is 1.07. The van der Waals surface area contributed by atoms with Gasteiger partial charge in [-0.05, 0) is 18.2 Å². The van der Waals surface area contributed by atoms with Crippen LogP contribution in [0.2, 0.25) is 0 Å². The van der Waals surface area contributed by atoms with Crippen LogP contribution in [0.5, 0.6) is 5.75 Å². The second kappa shape index (κ2) is 8.70. The largest absolute Gasteiger partial charge is 0.487 e. The lowest BCUT2D eigenvalue weighted by Crippen LogP contribution is -2.39. The van der Waals surface area contributed by atoms with E-state index in [0.717, 1.165) is 11.6 Å². The first kappa shape index (κ1) is 21.2. The number of hydrogen-bond donors (Lipinski definition) is 1. The molecule has 0 aliphatic carbocycles. The number of nitrogens with zero attached hydrogens (tertiary/aromatic N) is 6. The predicted molar refractivity (Wildman–Crippen MR) is 118 cm³/mol. The van der Waals surface area contributed by atoms with Crippen molar-refractivity contribution in [3.8, 4) is 17.0 Å². The maximum Gasteiger partial charge on any atom is 0.167 e. The second-order valence-corrected chi connectivity index (χ2v) is 8.00. The molecule has 4 heterocycles. The highest BCUT2D eigenvalue weighted by Gasteiger charge is 2.26. The molecule has 1 fully saturated rings. The highest BCUT2D eigenvalue weighted by molar-refractivity contribution is 5.83. The minimum absolute atomic E-state index is 0.0560. The minimum atomic E-state index is -0.704. The van der Waals surface area contributed by atoms with Crippen LogP contribution in [0.3, 0.4) is 0 Å². The fraction of sp³-hybridized carbons (Fsp3) is 0.304. The summed E-state index contributed by atoms with van der Waals surface area (Å²) in [5.41, 5.74) is 3.31. The van der Waals surface area contributed by atoms with Crippen LogP contribution in [0.1, 0.15) is 18.5 Å². The molecule has 10 heteroatoms. The van der Waals surface area contributed by atoms with E-state index in [9.17, 15) is 13.9 Å². The normalized spacial score (nSPS) is 14.7. The van der Waals surface area contributed by atoms with Crippen LogP contribution in [0, 0.1) is 11.6 Å². The van der Waals surface area contributed by atoms with Gasteiger partial charge in [0.25, 0.3) is 0 Å². The summed E-state index contributed by atoms with van der Waals surface area (Å²) >= 11 is 0. The van der Waals surface area contributed by atoms with Crippen molar-refractivity contribution in [1.29, 1.82) is 0 Å². The third-order valence-corrected chi connectivity index (χ3v) is 5.66. The third-order valence-electron chi connectivity index (χ3n) is 5.66. The van der Waals surface area contributed by atoms with E-state index in [-0.39, 0.29) is 18.5 Å². The fourth-order valence-corrected chi connectivity index (χ4v) is 3.97. The zero-order valence-corrected chi connectivity index (χ0v) is 17.9. The van der Waals surface area contributed by atoms with Crippen molar-refractivity contribution < 1.29 is 18.6 Å². The molecule has 0 amide bonds. The summed E-state index contributed by atoms with van der Waals surface area (Å²) in [4.78, 5) is 16.0. The molecule has 3 aromatic heterocycles. The molecule has 8 nitrogen and oxygen atoms in total. The lowest BCUT2D eigenvalue weighted by Gasteiger charge is -2.33. The molecular formula is C23H22F2N6O2. The van der Waals surface area contributed by atoms with E-state index in [2.05, 4.69) is 15.0 Å². The average molecular weight is 452 g/mol. The first-order chi connectivity index (χ1) is 16.0. The SMILES string of the molecule is Cn1cc(-c2nc3cnc(CO)cc3nc2N2CCC(Oc3ccc(F)cc3F)CC2)cn1. The van der Waals surface area contributed by atoms with Crippen molar-refractivity contribution in [3.05, 3.63) is 60.2 Å². The molecule has 33 heavy (non-hydrogen) atoms. The summed E-state index contributed by atoms with van der Waals surface area (Å²) < 4.78 is 34.6. The standard InChI is InChI=1S/C23H22F2N6O2/c1-30-12-14(10-27-30)22-23(29-19-9-16(13-32)26-11-20(19)28-22)31-6-4-17(5-7-31)33-21-3-2-15(24)8-18(21)25/h2-3,8-12,17,32H,4-7,13H2,1H3. The Morgan fingerprint density at radius 1 is 1.09 bits per heavy atom. The van der Waals surface area contributed by atoms with Crippen molar-refractivity contribution in [2.24, 2.45) is 7.05 Å². The molecule has 0 spiro atoms. The van der Waals surface area contributed by atoms with E-state index >= 15 is 0 Å². The molecule has 0 saturated carbocycles. The molecule has 1 aliphatic heterocycles. The summed E-state index contributed by atoms with van der Waals surface area (Å²) in [5.74, 6) is -0.575. The van der Waals surface area contributed by atoms with E-state index in [4.69, 9.17) is 14.7 Å². The smallest absolute Gasteiger partial charge is 0.167 e. The van der Waals surface area contributed by atoms with Gasteiger partial charge in [-0.25, -0.2) is 18.7 Å². The van der Waals surface area contributed by atoms with Crippen LogP contribution in [0.25, 0.3) is 22.3 Å². The Bertz CT molecular complexity index is 1300. The minimum Gasteiger partial charge on any atom is -0.487 e. The molecule has 1 N–H and O–H groups in total. The van der Waals surface area contributed by atoms with Gasteiger partial charge < -0.3 is 14.7 Å². The van der Waals surface area contributed by atoms with Crippen LogP contribution in [-0.4, -0.2) is 49.0 Å². The number of aliphatic hydroxyl groups excluding tert-OH is 1. The van der Waals surface area contributed by atoms with Crippen LogP contribution in [-0.2, 0) is 13.7 Å². The van der Waals surface area contributed by atoms with E-state index in [0.29, 0.717) is 54.2 Å². The number of aryl methyl sites for hydroxylation is 1. The molecule has 0 radical (unpaired) electrons. The molecule has 4 aromatic rings. The van der Waals surface area contributed by atoms with Gasteiger partial charge in [-0.15, -0.1) is 0 Å². The van der Waals surface area contributed by atoms with E-state index in [1.54, 1.807) is 23.1 Å². The highest BCUT2D eigenvalue weighted by Crippen LogP contribution is 2.32. The van der Waals surface area contributed by atoms with Crippen LogP contribution < -0.4 is 9.64 Å². The van der Waals surface area contributed by atoms with Gasteiger partial charge in [0.05, 0.1) is 30.2 Å². The van der Waals surface area contributed by atoms with Crippen molar-refractivity contribution >= 4 is 16.9 Å². The first-order valence-corrected chi connectivity index (χ1v) is 10.6. The Balaban J connectivity index is 1.42. The van der Waals surface area contributed by atoms with Gasteiger partial charge in [-0.2, -0.15) is 5.10 Å². The number of piperidine rings is 1. The molecule has 0 unspecified atom stereocenters. The van der Waals surface area contributed by atoms with Gasteiger partial charge in [0.2, 0.25) is 0 Å². The Morgan fingerprint density at radius 3 is 2.61 bits per heavy atom. The zero-order valence-electron chi connectivity index (χ0n) is 17.9. The summed E-state index contributed by atoms with van der Waals surface area (Å²) in [5, 5.41) is 13.7. The summed E-state index contributed by atoms with van der Waals surface area (Å²) in [7, 11) is 1.84. The Hall–Kier alpha value is -3.66. The Labute approximate surface area is 188 Å². The maximum absolute atomic E-state index is 14.0. The lowest BCUT2D eigenvalue weighted by atomic mass is 10.1. The number of rotatable bonds is 5. The number of anilines is 1. The third kappa shape index (κ3) is 4.34. The van der Waals surface area contributed by atoms with Gasteiger partial charge in [-0.3, -0.25) is 9.67 Å². The Kier molecular flexibility index (Phi) is 5.59.